The lowest BCUT2D eigenvalue weighted by Gasteiger charge is -2.16. The van der Waals surface area contributed by atoms with Crippen LogP contribution in [0.2, 0.25) is 0 Å². The van der Waals surface area contributed by atoms with E-state index in [0.717, 1.165) is 44.6 Å². The van der Waals surface area contributed by atoms with E-state index in [1.807, 2.05) is 11.8 Å². The summed E-state index contributed by atoms with van der Waals surface area (Å²) in [5.74, 6) is 0.784. The maximum absolute atomic E-state index is 13.7. The second-order valence-corrected chi connectivity index (χ2v) is 5.93. The van der Waals surface area contributed by atoms with Gasteiger partial charge in [-0.2, -0.15) is 0 Å². The molecule has 1 aromatic rings. The number of benzene rings is 1. The smallest absolute Gasteiger partial charge is 0.222 e. The summed E-state index contributed by atoms with van der Waals surface area (Å²) in [5, 5.41) is 6.42. The van der Waals surface area contributed by atoms with Gasteiger partial charge in [0.15, 0.2) is 17.5 Å². The number of likely N-dealkylation sites (tertiary alicyclic amines) is 1. The average molecular weight is 350 g/mol. The van der Waals surface area contributed by atoms with E-state index >= 15 is 0 Å². The fourth-order valence-electron chi connectivity index (χ4n) is 2.74. The Balaban J connectivity index is 1.81. The van der Waals surface area contributed by atoms with Crippen LogP contribution in [0.15, 0.2) is 23.2 Å². The molecule has 1 aliphatic rings. The molecule has 2 N–H and O–H groups in total. The average Bonchev–Trinajstić information content (AvgIpc) is 3.01. The van der Waals surface area contributed by atoms with Gasteiger partial charge in [0.25, 0.3) is 0 Å². The van der Waals surface area contributed by atoms with E-state index in [4.69, 9.17) is 4.74 Å². The van der Waals surface area contributed by atoms with Gasteiger partial charge in [-0.1, -0.05) is 6.07 Å². The third-order valence-electron chi connectivity index (χ3n) is 4.05. The molecular formula is C18H27FN4O2. The molecule has 7 heteroatoms. The van der Waals surface area contributed by atoms with Gasteiger partial charge in [0.05, 0.1) is 13.7 Å². The molecule has 0 unspecified atom stereocenters. The van der Waals surface area contributed by atoms with Gasteiger partial charge in [0, 0.05) is 32.6 Å². The number of guanidine groups is 1. The second kappa shape index (κ2) is 9.86. The molecular weight excluding hydrogens is 323 g/mol. The summed E-state index contributed by atoms with van der Waals surface area (Å²) < 4.78 is 18.6. The summed E-state index contributed by atoms with van der Waals surface area (Å²) in [4.78, 5) is 17.9. The molecule has 1 fully saturated rings. The van der Waals surface area contributed by atoms with Crippen LogP contribution < -0.4 is 15.4 Å². The Hall–Kier alpha value is -2.31. The van der Waals surface area contributed by atoms with Gasteiger partial charge in [0.1, 0.15) is 0 Å². The maximum Gasteiger partial charge on any atom is 0.222 e. The lowest BCUT2D eigenvalue weighted by Crippen LogP contribution is -2.39. The van der Waals surface area contributed by atoms with E-state index in [2.05, 4.69) is 15.6 Å². The predicted molar refractivity (Wildman–Crippen MR) is 96.2 cm³/mol. The third-order valence-corrected chi connectivity index (χ3v) is 4.05. The largest absolute Gasteiger partial charge is 0.494 e. The zero-order valence-corrected chi connectivity index (χ0v) is 15.0. The molecule has 2 rings (SSSR count). The molecule has 0 aliphatic carbocycles. The van der Waals surface area contributed by atoms with Crippen molar-refractivity contribution in [2.24, 2.45) is 4.99 Å². The number of ether oxygens (including phenoxy) is 1. The van der Waals surface area contributed by atoms with Crippen molar-refractivity contribution in [3.63, 3.8) is 0 Å². The number of nitrogens with one attached hydrogen (secondary N) is 2. The standard InChI is InChI=1S/C18H27FN4O2/c1-3-20-18(21-9-5-11-23-10-4-6-17(23)24)22-13-14-7-8-16(25-2)15(19)12-14/h7-8,12H,3-6,9-11,13H2,1-2H3,(H2,20,21,22). The highest BCUT2D eigenvalue weighted by Gasteiger charge is 2.18. The monoisotopic (exact) mass is 350 g/mol. The molecule has 1 aliphatic heterocycles. The fourth-order valence-corrected chi connectivity index (χ4v) is 2.74. The van der Waals surface area contributed by atoms with Crippen molar-refractivity contribution in [1.29, 1.82) is 0 Å². The highest BCUT2D eigenvalue weighted by atomic mass is 19.1. The molecule has 1 heterocycles. The van der Waals surface area contributed by atoms with Crippen LogP contribution in [-0.2, 0) is 11.3 Å². The number of halogens is 1. The molecule has 1 amide bonds. The molecule has 25 heavy (non-hydrogen) atoms. The number of rotatable bonds is 8. The molecule has 138 valence electrons. The zero-order chi connectivity index (χ0) is 18.1. The summed E-state index contributed by atoms with van der Waals surface area (Å²) >= 11 is 0. The summed E-state index contributed by atoms with van der Waals surface area (Å²) in [5.41, 5.74) is 0.776. The van der Waals surface area contributed by atoms with E-state index in [1.165, 1.54) is 13.2 Å². The number of amides is 1. The van der Waals surface area contributed by atoms with E-state index in [-0.39, 0.29) is 17.5 Å². The van der Waals surface area contributed by atoms with Crippen LogP contribution in [0.25, 0.3) is 0 Å². The number of carbonyl (C=O) groups excluding carboxylic acids is 1. The van der Waals surface area contributed by atoms with E-state index in [0.29, 0.717) is 18.9 Å². The van der Waals surface area contributed by atoms with Gasteiger partial charge < -0.3 is 20.3 Å². The van der Waals surface area contributed by atoms with Crippen molar-refractivity contribution in [1.82, 2.24) is 15.5 Å². The first-order valence-corrected chi connectivity index (χ1v) is 8.76. The van der Waals surface area contributed by atoms with E-state index in [1.54, 1.807) is 12.1 Å². The molecule has 1 aromatic carbocycles. The summed E-state index contributed by atoms with van der Waals surface area (Å²) in [6.45, 7) is 5.49. The van der Waals surface area contributed by atoms with Crippen molar-refractivity contribution >= 4 is 11.9 Å². The first-order chi connectivity index (χ1) is 12.1. The Bertz CT molecular complexity index is 607. The Labute approximate surface area is 148 Å². The van der Waals surface area contributed by atoms with Crippen LogP contribution in [0.1, 0.15) is 31.7 Å². The van der Waals surface area contributed by atoms with Crippen molar-refractivity contribution in [3.05, 3.63) is 29.6 Å². The van der Waals surface area contributed by atoms with Gasteiger partial charge in [-0.25, -0.2) is 9.38 Å². The number of methoxy groups -OCH3 is 1. The van der Waals surface area contributed by atoms with Gasteiger partial charge >= 0.3 is 0 Å². The Morgan fingerprint density at radius 1 is 1.40 bits per heavy atom. The fraction of sp³-hybridized carbons (Fsp3) is 0.556. The SMILES string of the molecule is CCNC(=NCc1ccc(OC)c(F)c1)NCCCN1CCCC1=O. The number of hydrogen-bond acceptors (Lipinski definition) is 3. The van der Waals surface area contributed by atoms with Gasteiger partial charge in [-0.3, -0.25) is 4.79 Å². The summed E-state index contributed by atoms with van der Waals surface area (Å²) in [6, 6.07) is 4.84. The number of hydrogen-bond donors (Lipinski definition) is 2. The quantitative estimate of drug-likeness (QED) is 0.427. The maximum atomic E-state index is 13.7. The molecule has 0 radical (unpaired) electrons. The van der Waals surface area contributed by atoms with Crippen molar-refractivity contribution in [3.8, 4) is 5.75 Å². The summed E-state index contributed by atoms with van der Waals surface area (Å²) in [6.07, 6.45) is 2.51. The Morgan fingerprint density at radius 3 is 2.88 bits per heavy atom. The minimum absolute atomic E-state index is 0.231. The molecule has 0 aromatic heterocycles. The first-order valence-electron chi connectivity index (χ1n) is 8.76. The van der Waals surface area contributed by atoms with Crippen molar-refractivity contribution in [2.75, 3.05) is 33.3 Å². The van der Waals surface area contributed by atoms with Crippen LogP contribution >= 0.6 is 0 Å². The molecule has 6 nitrogen and oxygen atoms in total. The molecule has 1 saturated heterocycles. The van der Waals surface area contributed by atoms with E-state index < -0.39 is 0 Å². The van der Waals surface area contributed by atoms with Crippen molar-refractivity contribution < 1.29 is 13.9 Å². The van der Waals surface area contributed by atoms with Crippen LogP contribution in [0, 0.1) is 5.82 Å². The zero-order valence-electron chi connectivity index (χ0n) is 15.0. The topological polar surface area (TPSA) is 66.0 Å². The highest BCUT2D eigenvalue weighted by Crippen LogP contribution is 2.18. The minimum Gasteiger partial charge on any atom is -0.494 e. The highest BCUT2D eigenvalue weighted by molar-refractivity contribution is 5.79. The number of nitrogens with zero attached hydrogens (tertiary/aromatic N) is 2. The van der Waals surface area contributed by atoms with Crippen LogP contribution in [0.3, 0.4) is 0 Å². The Morgan fingerprint density at radius 2 is 2.24 bits per heavy atom. The molecule has 0 saturated carbocycles. The number of carbonyl (C=O) groups is 1. The Kier molecular flexibility index (Phi) is 7.50. The molecule has 0 spiro atoms. The lowest BCUT2D eigenvalue weighted by atomic mass is 10.2. The molecule has 0 bridgehead atoms. The van der Waals surface area contributed by atoms with Gasteiger partial charge in [-0.05, 0) is 37.5 Å². The normalized spacial score (nSPS) is 14.8. The van der Waals surface area contributed by atoms with E-state index in [9.17, 15) is 9.18 Å². The lowest BCUT2D eigenvalue weighted by molar-refractivity contribution is -0.127. The predicted octanol–water partition coefficient (Wildman–Crippen LogP) is 1.90. The third kappa shape index (κ3) is 5.92. The summed E-state index contributed by atoms with van der Waals surface area (Å²) in [7, 11) is 1.44. The first kappa shape index (κ1) is 19.0. The van der Waals surface area contributed by atoms with Crippen LogP contribution in [-0.4, -0.2) is 50.1 Å². The van der Waals surface area contributed by atoms with Crippen molar-refractivity contribution in [2.45, 2.75) is 32.7 Å². The number of aliphatic imine (C=N–C) groups is 1. The molecule has 0 atom stereocenters. The van der Waals surface area contributed by atoms with Gasteiger partial charge in [0.2, 0.25) is 5.91 Å². The van der Waals surface area contributed by atoms with Crippen LogP contribution in [0.5, 0.6) is 5.75 Å². The minimum atomic E-state index is -0.386. The van der Waals surface area contributed by atoms with Crippen LogP contribution in [0.4, 0.5) is 4.39 Å². The van der Waals surface area contributed by atoms with Gasteiger partial charge in [-0.15, -0.1) is 0 Å². The second-order valence-electron chi connectivity index (χ2n) is 5.93.